The van der Waals surface area contributed by atoms with Crippen molar-refractivity contribution in [2.75, 3.05) is 25.5 Å². The van der Waals surface area contributed by atoms with Gasteiger partial charge in [-0.25, -0.2) is 4.39 Å². The molecule has 112 valence electrons. The summed E-state index contributed by atoms with van der Waals surface area (Å²) in [5.41, 5.74) is 0. The lowest BCUT2D eigenvalue weighted by atomic mass is 9.93. The van der Waals surface area contributed by atoms with Crippen molar-refractivity contribution in [1.82, 2.24) is 5.32 Å². The number of ether oxygens (including phenoxy) is 1. The van der Waals surface area contributed by atoms with Crippen LogP contribution in [0.3, 0.4) is 0 Å². The second-order valence-corrected chi connectivity index (χ2v) is 6.37. The van der Waals surface area contributed by atoms with Crippen LogP contribution in [-0.4, -0.2) is 31.6 Å². The van der Waals surface area contributed by atoms with E-state index in [1.165, 1.54) is 12.1 Å². The van der Waals surface area contributed by atoms with Crippen LogP contribution in [0.5, 0.6) is 0 Å². The average molecular weight is 297 g/mol. The van der Waals surface area contributed by atoms with Gasteiger partial charge in [0.1, 0.15) is 5.82 Å². The molecule has 2 rings (SSSR count). The van der Waals surface area contributed by atoms with E-state index in [1.807, 2.05) is 23.9 Å². The quantitative estimate of drug-likeness (QED) is 0.775. The molecule has 0 aromatic heterocycles. The molecule has 20 heavy (non-hydrogen) atoms. The van der Waals surface area contributed by atoms with Gasteiger partial charge in [-0.3, -0.25) is 0 Å². The highest BCUT2D eigenvalue weighted by Crippen LogP contribution is 2.25. The fourth-order valence-electron chi connectivity index (χ4n) is 2.53. The highest BCUT2D eigenvalue weighted by Gasteiger charge is 2.23. The lowest BCUT2D eigenvalue weighted by Crippen LogP contribution is -2.41. The predicted octanol–water partition coefficient (Wildman–Crippen LogP) is 3.71. The molecule has 1 atom stereocenters. The predicted molar refractivity (Wildman–Crippen MR) is 82.7 cm³/mol. The first-order valence-corrected chi connectivity index (χ1v) is 8.47. The van der Waals surface area contributed by atoms with Crippen LogP contribution in [0.2, 0.25) is 0 Å². The van der Waals surface area contributed by atoms with Gasteiger partial charge in [0.2, 0.25) is 0 Å². The highest BCUT2D eigenvalue weighted by molar-refractivity contribution is 7.99. The Labute approximate surface area is 125 Å². The number of nitrogens with one attached hydrogen (secondary N) is 1. The Morgan fingerprint density at radius 2 is 2.00 bits per heavy atom. The van der Waals surface area contributed by atoms with Crippen LogP contribution in [-0.2, 0) is 4.74 Å². The van der Waals surface area contributed by atoms with E-state index in [1.54, 1.807) is 0 Å². The maximum Gasteiger partial charge on any atom is 0.123 e. The minimum atomic E-state index is -0.167. The third-order valence-electron chi connectivity index (χ3n) is 3.73. The molecule has 0 bridgehead atoms. The van der Waals surface area contributed by atoms with Crippen molar-refractivity contribution in [3.63, 3.8) is 0 Å². The van der Waals surface area contributed by atoms with Gasteiger partial charge >= 0.3 is 0 Å². The lowest BCUT2D eigenvalue weighted by molar-refractivity contribution is 0.0566. The van der Waals surface area contributed by atoms with Crippen LogP contribution < -0.4 is 5.32 Å². The highest BCUT2D eigenvalue weighted by atomic mass is 32.2. The fraction of sp³-hybridized carbons (Fsp3) is 0.625. The van der Waals surface area contributed by atoms with Gasteiger partial charge in [-0.2, -0.15) is 0 Å². The summed E-state index contributed by atoms with van der Waals surface area (Å²) in [5, 5.41) is 3.67. The molecule has 0 saturated carbocycles. The molecule has 1 N–H and O–H groups in total. The zero-order valence-corrected chi connectivity index (χ0v) is 12.9. The molecule has 2 nitrogen and oxygen atoms in total. The van der Waals surface area contributed by atoms with E-state index in [-0.39, 0.29) is 5.82 Å². The zero-order valence-electron chi connectivity index (χ0n) is 12.1. The Kier molecular flexibility index (Phi) is 6.83. The molecule has 1 unspecified atom stereocenters. The van der Waals surface area contributed by atoms with E-state index < -0.39 is 0 Å². The first-order chi connectivity index (χ1) is 9.79. The Balaban J connectivity index is 1.87. The number of rotatable bonds is 7. The lowest BCUT2D eigenvalue weighted by Gasteiger charge is -2.31. The van der Waals surface area contributed by atoms with Gasteiger partial charge in [0.15, 0.2) is 0 Å². The van der Waals surface area contributed by atoms with E-state index >= 15 is 0 Å². The summed E-state index contributed by atoms with van der Waals surface area (Å²) in [5.74, 6) is 1.57. The van der Waals surface area contributed by atoms with Crippen molar-refractivity contribution in [3.8, 4) is 0 Å². The fourth-order valence-corrected chi connectivity index (χ4v) is 3.62. The normalized spacial score (nSPS) is 18.1. The SMILES string of the molecule is CCCNC(CSc1ccc(F)cc1)C1CCOCC1. The first-order valence-electron chi connectivity index (χ1n) is 7.49. The topological polar surface area (TPSA) is 21.3 Å². The maximum atomic E-state index is 12.9. The van der Waals surface area contributed by atoms with Crippen molar-refractivity contribution < 1.29 is 9.13 Å². The summed E-state index contributed by atoms with van der Waals surface area (Å²) in [7, 11) is 0. The summed E-state index contributed by atoms with van der Waals surface area (Å²) in [4.78, 5) is 1.14. The molecule has 1 aromatic carbocycles. The molecule has 1 aromatic rings. The van der Waals surface area contributed by atoms with Gasteiger partial charge in [0.25, 0.3) is 0 Å². The number of benzene rings is 1. The molecule has 1 fully saturated rings. The Morgan fingerprint density at radius 3 is 2.65 bits per heavy atom. The third-order valence-corrected chi connectivity index (χ3v) is 4.87. The van der Waals surface area contributed by atoms with Crippen molar-refractivity contribution in [3.05, 3.63) is 30.1 Å². The third kappa shape index (κ3) is 5.08. The van der Waals surface area contributed by atoms with E-state index in [0.29, 0.717) is 12.0 Å². The van der Waals surface area contributed by atoms with E-state index in [2.05, 4.69) is 12.2 Å². The molecule has 0 aliphatic carbocycles. The first kappa shape index (κ1) is 15.8. The molecular formula is C16H24FNOS. The molecule has 1 saturated heterocycles. The number of thioether (sulfide) groups is 1. The molecule has 1 aliphatic rings. The Hall–Kier alpha value is -0.580. The van der Waals surface area contributed by atoms with Crippen LogP contribution >= 0.6 is 11.8 Å². The van der Waals surface area contributed by atoms with Gasteiger partial charge in [-0.05, 0) is 56.0 Å². The van der Waals surface area contributed by atoms with E-state index in [0.717, 1.165) is 49.7 Å². The maximum absolute atomic E-state index is 12.9. The molecule has 1 heterocycles. The average Bonchev–Trinajstić information content (AvgIpc) is 2.50. The van der Waals surface area contributed by atoms with E-state index in [9.17, 15) is 4.39 Å². The summed E-state index contributed by atoms with van der Waals surface area (Å²) < 4.78 is 18.4. The number of hydrogen-bond donors (Lipinski definition) is 1. The van der Waals surface area contributed by atoms with E-state index in [4.69, 9.17) is 4.74 Å². The minimum absolute atomic E-state index is 0.167. The van der Waals surface area contributed by atoms with Gasteiger partial charge < -0.3 is 10.1 Å². The Morgan fingerprint density at radius 1 is 1.30 bits per heavy atom. The van der Waals surface area contributed by atoms with Crippen molar-refractivity contribution in [2.45, 2.75) is 37.1 Å². The van der Waals surface area contributed by atoms with Gasteiger partial charge in [-0.15, -0.1) is 11.8 Å². The van der Waals surface area contributed by atoms with Gasteiger partial charge in [0.05, 0.1) is 0 Å². The summed E-state index contributed by atoms with van der Waals surface area (Å²) in [6.45, 7) is 5.03. The second kappa shape index (κ2) is 8.65. The molecule has 0 radical (unpaired) electrons. The van der Waals surface area contributed by atoms with Gasteiger partial charge in [0, 0.05) is 29.9 Å². The molecule has 0 spiro atoms. The van der Waals surface area contributed by atoms with Crippen LogP contribution in [0.15, 0.2) is 29.2 Å². The van der Waals surface area contributed by atoms with Crippen LogP contribution in [0.1, 0.15) is 26.2 Å². The standard InChI is InChI=1S/C16H24FNOS/c1-2-9-18-16(13-7-10-19-11-8-13)12-20-15-5-3-14(17)4-6-15/h3-6,13,16,18H,2,7-12H2,1H3. The van der Waals surface area contributed by atoms with Crippen molar-refractivity contribution in [1.29, 1.82) is 0 Å². The zero-order chi connectivity index (χ0) is 14.2. The number of halogens is 1. The largest absolute Gasteiger partial charge is 0.381 e. The molecular weight excluding hydrogens is 273 g/mol. The smallest absolute Gasteiger partial charge is 0.123 e. The minimum Gasteiger partial charge on any atom is -0.381 e. The second-order valence-electron chi connectivity index (χ2n) is 5.28. The van der Waals surface area contributed by atoms with Crippen LogP contribution in [0.4, 0.5) is 4.39 Å². The summed E-state index contributed by atoms with van der Waals surface area (Å²) in [6, 6.07) is 7.31. The van der Waals surface area contributed by atoms with Crippen LogP contribution in [0, 0.1) is 11.7 Å². The summed E-state index contributed by atoms with van der Waals surface area (Å²) in [6.07, 6.45) is 3.44. The summed E-state index contributed by atoms with van der Waals surface area (Å²) >= 11 is 1.81. The monoisotopic (exact) mass is 297 g/mol. The van der Waals surface area contributed by atoms with Gasteiger partial charge in [-0.1, -0.05) is 6.92 Å². The molecule has 0 amide bonds. The van der Waals surface area contributed by atoms with Crippen LogP contribution in [0.25, 0.3) is 0 Å². The molecule has 1 aliphatic heterocycles. The Bertz CT molecular complexity index is 379. The van der Waals surface area contributed by atoms with Crippen molar-refractivity contribution >= 4 is 11.8 Å². The van der Waals surface area contributed by atoms with Crippen molar-refractivity contribution in [2.24, 2.45) is 5.92 Å². The molecule has 4 heteroatoms. The number of hydrogen-bond acceptors (Lipinski definition) is 3.